The van der Waals surface area contributed by atoms with Gasteiger partial charge in [0, 0.05) is 29.2 Å². The molecule has 2 N–H and O–H groups in total. The number of phenolic OH excluding ortho intramolecular Hbond substituents is 1. The molecule has 1 fully saturated rings. The average Bonchev–Trinajstić information content (AvgIpc) is 3.02. The van der Waals surface area contributed by atoms with Crippen molar-refractivity contribution in [3.63, 3.8) is 0 Å². The fourth-order valence-electron chi connectivity index (χ4n) is 5.11. The van der Waals surface area contributed by atoms with Crippen LogP contribution in [0.3, 0.4) is 0 Å². The van der Waals surface area contributed by atoms with Crippen LogP contribution in [0.15, 0.2) is 42.5 Å². The van der Waals surface area contributed by atoms with Crippen molar-refractivity contribution in [1.29, 1.82) is 5.41 Å². The van der Waals surface area contributed by atoms with Gasteiger partial charge in [0.1, 0.15) is 11.6 Å². The molecule has 0 aromatic heterocycles. The summed E-state index contributed by atoms with van der Waals surface area (Å²) in [6.07, 6.45) is 2.98. The molecule has 2 aromatic carbocycles. The van der Waals surface area contributed by atoms with Gasteiger partial charge >= 0.3 is 0 Å². The number of carbonyl (C=O) groups is 1. The van der Waals surface area contributed by atoms with Crippen molar-refractivity contribution in [2.45, 2.75) is 78.6 Å². The average molecular weight is 463 g/mol. The molecule has 2 aromatic rings. The van der Waals surface area contributed by atoms with Gasteiger partial charge in [-0.05, 0) is 47.3 Å². The van der Waals surface area contributed by atoms with Gasteiger partial charge in [-0.25, -0.2) is 0 Å². The molecule has 1 aliphatic rings. The predicted octanol–water partition coefficient (Wildman–Crippen LogP) is 6.74. The molecule has 0 aliphatic carbocycles. The first-order valence-corrected chi connectivity index (χ1v) is 12.6. The van der Waals surface area contributed by atoms with Crippen molar-refractivity contribution in [1.82, 2.24) is 4.90 Å². The SMILES string of the molecule is CCC[C@@H]1CN(CC(=O)c2cc(C(C)(C)C)c(O)c(C(C)(C)C)c2)C(=N)[C@@H]1Cc1ccccc1. The largest absolute Gasteiger partial charge is 0.507 e. The molecular weight excluding hydrogens is 420 g/mol. The molecule has 0 radical (unpaired) electrons. The number of amidine groups is 1. The van der Waals surface area contributed by atoms with E-state index < -0.39 is 0 Å². The van der Waals surface area contributed by atoms with Crippen LogP contribution >= 0.6 is 0 Å². The zero-order valence-electron chi connectivity index (χ0n) is 22.0. The number of aromatic hydroxyl groups is 1. The Morgan fingerprint density at radius 2 is 1.59 bits per heavy atom. The van der Waals surface area contributed by atoms with Gasteiger partial charge in [-0.1, -0.05) is 85.2 Å². The van der Waals surface area contributed by atoms with Crippen LogP contribution in [0.5, 0.6) is 5.75 Å². The van der Waals surface area contributed by atoms with E-state index in [1.54, 1.807) is 0 Å². The second kappa shape index (κ2) is 9.93. The number of hydrogen-bond donors (Lipinski definition) is 2. The van der Waals surface area contributed by atoms with E-state index in [1.165, 1.54) is 5.56 Å². The Labute approximate surface area is 205 Å². The summed E-state index contributed by atoms with van der Waals surface area (Å²) in [5, 5.41) is 19.9. The lowest BCUT2D eigenvalue weighted by Crippen LogP contribution is -2.33. The van der Waals surface area contributed by atoms with Crippen LogP contribution in [0.1, 0.15) is 88.4 Å². The maximum atomic E-state index is 13.5. The van der Waals surface area contributed by atoms with Crippen LogP contribution in [0, 0.1) is 17.2 Å². The lowest BCUT2D eigenvalue weighted by atomic mass is 9.78. The molecule has 0 spiro atoms. The highest BCUT2D eigenvalue weighted by Gasteiger charge is 2.38. The Bertz CT molecular complexity index is 993. The van der Waals surface area contributed by atoms with E-state index in [2.05, 4.69) is 72.7 Å². The number of nitrogens with zero attached hydrogens (tertiary/aromatic N) is 1. The minimum absolute atomic E-state index is 0.0105. The Morgan fingerprint density at radius 3 is 2.09 bits per heavy atom. The zero-order valence-corrected chi connectivity index (χ0v) is 22.0. The Hall–Kier alpha value is -2.62. The molecule has 1 saturated heterocycles. The van der Waals surface area contributed by atoms with Gasteiger partial charge in [-0.3, -0.25) is 10.2 Å². The first-order valence-electron chi connectivity index (χ1n) is 12.6. The molecular formula is C30H42N2O2. The van der Waals surface area contributed by atoms with Crippen molar-refractivity contribution >= 4 is 11.6 Å². The quantitative estimate of drug-likeness (QED) is 0.448. The van der Waals surface area contributed by atoms with Crippen LogP contribution in [0.25, 0.3) is 0 Å². The highest BCUT2D eigenvalue weighted by molar-refractivity contribution is 6.01. The molecule has 0 saturated carbocycles. The molecule has 3 rings (SSSR count). The number of nitrogens with one attached hydrogen (secondary N) is 1. The van der Waals surface area contributed by atoms with E-state index >= 15 is 0 Å². The standard InChI is InChI=1S/C30H42N2O2/c1-8-12-21-18-32(28(31)23(21)15-20-13-10-9-11-14-20)19-26(33)22-16-24(29(2,3)4)27(34)25(17-22)30(5,6)7/h9-11,13-14,16-17,21,23,31,34H,8,12,15,18-19H2,1-7H3/t21-,23-/m1/s1. The van der Waals surface area contributed by atoms with Crippen molar-refractivity contribution in [3.05, 3.63) is 64.7 Å². The van der Waals surface area contributed by atoms with Crippen molar-refractivity contribution in [2.75, 3.05) is 13.1 Å². The monoisotopic (exact) mass is 462 g/mol. The molecule has 1 heterocycles. The number of phenols is 1. The summed E-state index contributed by atoms with van der Waals surface area (Å²) >= 11 is 0. The van der Waals surface area contributed by atoms with Gasteiger partial charge in [0.25, 0.3) is 0 Å². The molecule has 184 valence electrons. The summed E-state index contributed by atoms with van der Waals surface area (Å²) in [5.41, 5.74) is 2.89. The lowest BCUT2D eigenvalue weighted by molar-refractivity contribution is 0.0963. The minimum Gasteiger partial charge on any atom is -0.507 e. The smallest absolute Gasteiger partial charge is 0.182 e. The fraction of sp³-hybridized carbons (Fsp3) is 0.533. The molecule has 0 amide bonds. The summed E-state index contributed by atoms with van der Waals surface area (Å²) in [5.74, 6) is 1.42. The molecule has 4 nitrogen and oxygen atoms in total. The second-order valence-electron chi connectivity index (χ2n) is 12.0. The van der Waals surface area contributed by atoms with E-state index in [1.807, 2.05) is 23.1 Å². The summed E-state index contributed by atoms with van der Waals surface area (Å²) in [6, 6.07) is 14.1. The highest BCUT2D eigenvalue weighted by atomic mass is 16.3. The van der Waals surface area contributed by atoms with E-state index in [4.69, 9.17) is 5.41 Å². The molecule has 1 aliphatic heterocycles. The Kier molecular flexibility index (Phi) is 7.59. The zero-order chi connectivity index (χ0) is 25.3. The molecule has 2 atom stereocenters. The second-order valence-corrected chi connectivity index (χ2v) is 12.0. The maximum absolute atomic E-state index is 13.5. The van der Waals surface area contributed by atoms with Crippen LogP contribution in [-0.4, -0.2) is 34.7 Å². The minimum atomic E-state index is -0.284. The van der Waals surface area contributed by atoms with Crippen molar-refractivity contribution < 1.29 is 9.90 Å². The summed E-state index contributed by atoms with van der Waals surface area (Å²) in [6.45, 7) is 15.5. The number of benzene rings is 2. The van der Waals surface area contributed by atoms with Gasteiger partial charge in [-0.15, -0.1) is 0 Å². The van der Waals surface area contributed by atoms with E-state index in [0.717, 1.165) is 36.9 Å². The van der Waals surface area contributed by atoms with Crippen molar-refractivity contribution in [2.24, 2.45) is 11.8 Å². The summed E-state index contributed by atoms with van der Waals surface area (Å²) < 4.78 is 0. The van der Waals surface area contributed by atoms with Crippen molar-refractivity contribution in [3.8, 4) is 5.75 Å². The Morgan fingerprint density at radius 1 is 1.03 bits per heavy atom. The molecule has 34 heavy (non-hydrogen) atoms. The topological polar surface area (TPSA) is 64.4 Å². The number of rotatable bonds is 7. The third-order valence-electron chi connectivity index (χ3n) is 7.06. The van der Waals surface area contributed by atoms with Gasteiger partial charge in [-0.2, -0.15) is 0 Å². The number of carbonyl (C=O) groups excluding carboxylic acids is 1. The molecule has 4 heteroatoms. The fourth-order valence-corrected chi connectivity index (χ4v) is 5.11. The molecule has 0 unspecified atom stereocenters. The van der Waals surface area contributed by atoms with Gasteiger partial charge in [0.05, 0.1) is 6.54 Å². The van der Waals surface area contributed by atoms with E-state index in [9.17, 15) is 9.90 Å². The van der Waals surface area contributed by atoms with Gasteiger partial charge in [0.2, 0.25) is 0 Å². The third-order valence-corrected chi connectivity index (χ3v) is 7.06. The number of likely N-dealkylation sites (tertiary alicyclic amines) is 1. The summed E-state index contributed by atoms with van der Waals surface area (Å²) in [7, 11) is 0. The van der Waals surface area contributed by atoms with E-state index in [-0.39, 0.29) is 34.8 Å². The van der Waals surface area contributed by atoms with Crippen LogP contribution in [0.2, 0.25) is 0 Å². The number of hydrogen-bond acceptors (Lipinski definition) is 3. The van der Waals surface area contributed by atoms with Gasteiger partial charge in [0.15, 0.2) is 5.78 Å². The highest BCUT2D eigenvalue weighted by Crippen LogP contribution is 2.40. The summed E-state index contributed by atoms with van der Waals surface area (Å²) in [4.78, 5) is 15.5. The normalized spacial score (nSPS) is 19.0. The van der Waals surface area contributed by atoms with Crippen LogP contribution < -0.4 is 0 Å². The van der Waals surface area contributed by atoms with Crippen LogP contribution in [0.4, 0.5) is 0 Å². The van der Waals surface area contributed by atoms with E-state index in [0.29, 0.717) is 17.3 Å². The third kappa shape index (κ3) is 5.71. The van der Waals surface area contributed by atoms with Crippen LogP contribution in [-0.2, 0) is 17.3 Å². The first kappa shape index (κ1) is 26.0. The molecule has 0 bridgehead atoms. The Balaban J connectivity index is 1.88. The lowest BCUT2D eigenvalue weighted by Gasteiger charge is -2.28. The van der Waals surface area contributed by atoms with Gasteiger partial charge < -0.3 is 10.0 Å². The first-order chi connectivity index (χ1) is 15.8. The predicted molar refractivity (Wildman–Crippen MR) is 141 cm³/mol. The number of Topliss-reactive ketones (excluding diaryl/α,β-unsaturated/α-hetero) is 1. The maximum Gasteiger partial charge on any atom is 0.182 e. The number of ketones is 1.